The number of hydrogen-bond acceptors (Lipinski definition) is 2. The van der Waals surface area contributed by atoms with E-state index in [-0.39, 0.29) is 5.91 Å². The summed E-state index contributed by atoms with van der Waals surface area (Å²) in [5, 5.41) is 4.66. The topological polar surface area (TPSA) is 34.9 Å². The summed E-state index contributed by atoms with van der Waals surface area (Å²) in [4.78, 5) is 11.8. The maximum atomic E-state index is 11.8. The lowest BCUT2D eigenvalue weighted by atomic mass is 10.2. The van der Waals surface area contributed by atoms with E-state index in [2.05, 4.69) is 5.10 Å². The van der Waals surface area contributed by atoms with Gasteiger partial charge in [0.2, 0.25) is 0 Å². The van der Waals surface area contributed by atoms with E-state index in [1.807, 2.05) is 6.92 Å². The molecule has 15 heavy (non-hydrogen) atoms. The van der Waals surface area contributed by atoms with Gasteiger partial charge in [-0.25, -0.2) is 4.68 Å². The van der Waals surface area contributed by atoms with Gasteiger partial charge in [-0.05, 0) is 37.3 Å². The van der Waals surface area contributed by atoms with Crippen LogP contribution in [0.1, 0.15) is 16.1 Å². The van der Waals surface area contributed by atoms with Gasteiger partial charge < -0.3 is 0 Å². The standard InChI is InChI=1S/C11H9ClN2O/c1-8-6-7-14(13-8)11(15)9-2-4-10(12)5-3-9/h2-7H,1H3. The average Bonchev–Trinajstić information content (AvgIpc) is 2.65. The number of halogens is 1. The zero-order valence-electron chi connectivity index (χ0n) is 8.14. The SMILES string of the molecule is Cc1ccn(C(=O)c2ccc(Cl)cc2)n1. The van der Waals surface area contributed by atoms with Crippen LogP contribution in [0.4, 0.5) is 0 Å². The molecule has 1 aromatic heterocycles. The van der Waals surface area contributed by atoms with Gasteiger partial charge in [-0.3, -0.25) is 4.79 Å². The number of aromatic nitrogens is 2. The van der Waals surface area contributed by atoms with Crippen LogP contribution in [0.25, 0.3) is 0 Å². The van der Waals surface area contributed by atoms with Crippen molar-refractivity contribution in [1.29, 1.82) is 0 Å². The molecule has 0 saturated carbocycles. The van der Waals surface area contributed by atoms with Crippen molar-refractivity contribution in [3.63, 3.8) is 0 Å². The molecule has 0 amide bonds. The minimum atomic E-state index is -0.153. The second kappa shape index (κ2) is 3.87. The Morgan fingerprint density at radius 1 is 1.27 bits per heavy atom. The number of hydrogen-bond donors (Lipinski definition) is 0. The van der Waals surface area contributed by atoms with Crippen LogP contribution in [0.15, 0.2) is 36.5 Å². The fraction of sp³-hybridized carbons (Fsp3) is 0.0909. The first-order valence-electron chi connectivity index (χ1n) is 4.49. The maximum Gasteiger partial charge on any atom is 0.278 e. The highest BCUT2D eigenvalue weighted by molar-refractivity contribution is 6.30. The van der Waals surface area contributed by atoms with Gasteiger partial charge in [0.25, 0.3) is 5.91 Å². The number of aryl methyl sites for hydroxylation is 1. The second-order valence-corrected chi connectivity index (χ2v) is 3.65. The van der Waals surface area contributed by atoms with Crippen molar-refractivity contribution in [2.24, 2.45) is 0 Å². The average molecular weight is 221 g/mol. The van der Waals surface area contributed by atoms with E-state index in [1.165, 1.54) is 4.68 Å². The number of nitrogens with zero attached hydrogens (tertiary/aromatic N) is 2. The molecule has 0 bridgehead atoms. The molecule has 0 unspecified atom stereocenters. The van der Waals surface area contributed by atoms with Crippen molar-refractivity contribution in [2.45, 2.75) is 6.92 Å². The van der Waals surface area contributed by atoms with Gasteiger partial charge in [0.15, 0.2) is 0 Å². The highest BCUT2D eigenvalue weighted by Crippen LogP contribution is 2.10. The van der Waals surface area contributed by atoms with E-state index in [4.69, 9.17) is 11.6 Å². The van der Waals surface area contributed by atoms with Gasteiger partial charge in [-0.1, -0.05) is 11.6 Å². The molecule has 2 rings (SSSR count). The monoisotopic (exact) mass is 220 g/mol. The van der Waals surface area contributed by atoms with Gasteiger partial charge >= 0.3 is 0 Å². The summed E-state index contributed by atoms with van der Waals surface area (Å²) in [6.07, 6.45) is 1.65. The Hall–Kier alpha value is -1.61. The van der Waals surface area contributed by atoms with Crippen LogP contribution >= 0.6 is 11.6 Å². The van der Waals surface area contributed by atoms with Crippen LogP contribution in [-0.2, 0) is 0 Å². The summed E-state index contributed by atoms with van der Waals surface area (Å²) in [7, 11) is 0. The summed E-state index contributed by atoms with van der Waals surface area (Å²) in [6, 6.07) is 8.52. The van der Waals surface area contributed by atoms with Crippen molar-refractivity contribution in [2.75, 3.05) is 0 Å². The molecule has 0 N–H and O–H groups in total. The van der Waals surface area contributed by atoms with Crippen molar-refractivity contribution < 1.29 is 4.79 Å². The molecule has 3 nitrogen and oxygen atoms in total. The Bertz CT molecular complexity index is 488. The van der Waals surface area contributed by atoms with Gasteiger partial charge in [-0.15, -0.1) is 0 Å². The van der Waals surface area contributed by atoms with Crippen LogP contribution in [-0.4, -0.2) is 15.7 Å². The molecule has 1 heterocycles. The normalized spacial score (nSPS) is 10.3. The zero-order valence-corrected chi connectivity index (χ0v) is 8.90. The summed E-state index contributed by atoms with van der Waals surface area (Å²) in [5.74, 6) is -0.153. The third-order valence-corrected chi connectivity index (χ3v) is 2.27. The highest BCUT2D eigenvalue weighted by atomic mass is 35.5. The Morgan fingerprint density at radius 2 is 1.93 bits per heavy atom. The molecule has 0 radical (unpaired) electrons. The van der Waals surface area contributed by atoms with Gasteiger partial charge in [0, 0.05) is 16.8 Å². The maximum absolute atomic E-state index is 11.8. The molecule has 4 heteroatoms. The van der Waals surface area contributed by atoms with E-state index in [0.29, 0.717) is 10.6 Å². The molecule has 0 saturated heterocycles. The van der Waals surface area contributed by atoms with Crippen molar-refractivity contribution >= 4 is 17.5 Å². The molecular formula is C11H9ClN2O. The van der Waals surface area contributed by atoms with Gasteiger partial charge in [-0.2, -0.15) is 5.10 Å². The van der Waals surface area contributed by atoms with Gasteiger partial charge in [0.1, 0.15) is 0 Å². The molecule has 0 atom stereocenters. The number of benzene rings is 1. The molecule has 0 fully saturated rings. The van der Waals surface area contributed by atoms with E-state index in [1.54, 1.807) is 36.5 Å². The molecule has 0 aliphatic rings. The van der Waals surface area contributed by atoms with Crippen LogP contribution in [0.2, 0.25) is 5.02 Å². The second-order valence-electron chi connectivity index (χ2n) is 3.21. The lowest BCUT2D eigenvalue weighted by Crippen LogP contribution is -2.12. The largest absolute Gasteiger partial charge is 0.278 e. The third kappa shape index (κ3) is 2.07. The fourth-order valence-corrected chi connectivity index (χ4v) is 1.38. The molecular weight excluding hydrogens is 212 g/mol. The molecule has 1 aromatic carbocycles. The fourth-order valence-electron chi connectivity index (χ4n) is 1.25. The van der Waals surface area contributed by atoms with E-state index >= 15 is 0 Å². The molecule has 0 spiro atoms. The van der Waals surface area contributed by atoms with Crippen LogP contribution in [0.3, 0.4) is 0 Å². The summed E-state index contributed by atoms with van der Waals surface area (Å²) in [6.45, 7) is 1.84. The first-order valence-corrected chi connectivity index (χ1v) is 4.87. The molecule has 2 aromatic rings. The summed E-state index contributed by atoms with van der Waals surface area (Å²) in [5.41, 5.74) is 1.39. The Labute approximate surface area is 92.3 Å². The predicted octanol–water partition coefficient (Wildman–Crippen LogP) is 2.53. The smallest absolute Gasteiger partial charge is 0.267 e. The highest BCUT2D eigenvalue weighted by Gasteiger charge is 2.08. The lowest BCUT2D eigenvalue weighted by molar-refractivity contribution is 0.0944. The summed E-state index contributed by atoms with van der Waals surface area (Å²) < 4.78 is 1.32. The van der Waals surface area contributed by atoms with Crippen molar-refractivity contribution in [3.8, 4) is 0 Å². The number of carbonyl (C=O) groups is 1. The Morgan fingerprint density at radius 3 is 2.47 bits per heavy atom. The zero-order chi connectivity index (χ0) is 10.8. The lowest BCUT2D eigenvalue weighted by Gasteiger charge is -2.00. The van der Waals surface area contributed by atoms with E-state index < -0.39 is 0 Å². The quantitative estimate of drug-likeness (QED) is 0.740. The van der Waals surface area contributed by atoms with E-state index in [0.717, 1.165) is 5.69 Å². The first-order chi connectivity index (χ1) is 7.16. The minimum absolute atomic E-state index is 0.153. The van der Waals surface area contributed by atoms with Crippen LogP contribution in [0, 0.1) is 6.92 Å². The Kier molecular flexibility index (Phi) is 2.56. The van der Waals surface area contributed by atoms with Crippen LogP contribution in [0.5, 0.6) is 0 Å². The molecule has 0 aliphatic carbocycles. The van der Waals surface area contributed by atoms with Crippen LogP contribution < -0.4 is 0 Å². The first kappa shape index (κ1) is 9.93. The van der Waals surface area contributed by atoms with Crippen molar-refractivity contribution in [3.05, 3.63) is 52.8 Å². The molecule has 76 valence electrons. The molecule has 0 aliphatic heterocycles. The number of rotatable bonds is 1. The summed E-state index contributed by atoms with van der Waals surface area (Å²) >= 11 is 5.73. The number of carbonyl (C=O) groups excluding carboxylic acids is 1. The third-order valence-electron chi connectivity index (χ3n) is 2.02. The van der Waals surface area contributed by atoms with E-state index in [9.17, 15) is 4.79 Å². The minimum Gasteiger partial charge on any atom is -0.267 e. The van der Waals surface area contributed by atoms with Gasteiger partial charge in [0.05, 0.1) is 5.69 Å². The predicted molar refractivity (Wildman–Crippen MR) is 58.1 cm³/mol. The Balaban J connectivity index is 2.32. The van der Waals surface area contributed by atoms with Crippen molar-refractivity contribution in [1.82, 2.24) is 9.78 Å².